The normalized spacial score (nSPS) is 19.6. The first kappa shape index (κ1) is 31.9. The second-order valence-electron chi connectivity index (χ2n) is 11.6. The zero-order chi connectivity index (χ0) is 31.5. The van der Waals surface area contributed by atoms with Crippen molar-refractivity contribution in [2.45, 2.75) is 63.1 Å². The number of hydrogen-bond donors (Lipinski definition) is 2. The molecule has 3 aromatic carbocycles. The van der Waals surface area contributed by atoms with Crippen LogP contribution in [0.25, 0.3) is 10.4 Å². The lowest BCUT2D eigenvalue weighted by Gasteiger charge is -2.32. The number of rotatable bonds is 14. The van der Waals surface area contributed by atoms with Crippen LogP contribution in [-0.4, -0.2) is 49.3 Å². The van der Waals surface area contributed by atoms with Gasteiger partial charge in [-0.25, -0.2) is 4.99 Å². The van der Waals surface area contributed by atoms with Crippen LogP contribution in [0.2, 0.25) is 0 Å². The first-order valence-electron chi connectivity index (χ1n) is 15.7. The summed E-state index contributed by atoms with van der Waals surface area (Å²) < 4.78 is 17.9. The van der Waals surface area contributed by atoms with Gasteiger partial charge in [0.15, 0.2) is 11.6 Å². The second kappa shape index (κ2) is 15.5. The van der Waals surface area contributed by atoms with E-state index in [-0.39, 0.29) is 25.5 Å². The molecule has 2 aliphatic rings. The topological polar surface area (TPSA) is 138 Å². The molecule has 0 saturated heterocycles. The number of benzene rings is 3. The van der Waals surface area contributed by atoms with Crippen molar-refractivity contribution in [2.75, 3.05) is 26.9 Å². The SMILES string of the molecule is COc1cccc([C@H]2OC(c3ccc(OCCCO)cc3)=N[C@@]2(Cc2ccccc2CN=[N+]=[N-])C(=O)NCC2CCCCC2)c1. The van der Waals surface area contributed by atoms with Crippen molar-refractivity contribution < 1.29 is 24.1 Å². The molecule has 10 heteroatoms. The first-order chi connectivity index (χ1) is 22.1. The minimum Gasteiger partial charge on any atom is -0.497 e. The summed E-state index contributed by atoms with van der Waals surface area (Å²) in [6.07, 6.45) is 5.79. The van der Waals surface area contributed by atoms with Gasteiger partial charge in [0.25, 0.3) is 5.91 Å². The third-order valence-electron chi connectivity index (χ3n) is 8.59. The quantitative estimate of drug-likeness (QED) is 0.0932. The van der Waals surface area contributed by atoms with Crippen LogP contribution in [-0.2, 0) is 22.5 Å². The largest absolute Gasteiger partial charge is 0.497 e. The predicted molar refractivity (Wildman–Crippen MR) is 172 cm³/mol. The van der Waals surface area contributed by atoms with Gasteiger partial charge in [0, 0.05) is 36.5 Å². The molecule has 0 spiro atoms. The summed E-state index contributed by atoms with van der Waals surface area (Å²) in [4.78, 5) is 22.7. The summed E-state index contributed by atoms with van der Waals surface area (Å²) in [5.41, 5.74) is 10.8. The molecule has 0 bridgehead atoms. The van der Waals surface area contributed by atoms with E-state index in [1.54, 1.807) is 7.11 Å². The van der Waals surface area contributed by atoms with E-state index in [2.05, 4.69) is 15.3 Å². The Hall–Kier alpha value is -4.53. The van der Waals surface area contributed by atoms with Crippen LogP contribution < -0.4 is 14.8 Å². The highest BCUT2D eigenvalue weighted by Gasteiger charge is 2.53. The maximum Gasteiger partial charge on any atom is 0.252 e. The van der Waals surface area contributed by atoms with Gasteiger partial charge in [-0.1, -0.05) is 60.8 Å². The van der Waals surface area contributed by atoms with Crippen molar-refractivity contribution in [1.82, 2.24) is 5.32 Å². The standard InChI is InChI=1S/C35H41N5O5/c1-43-31-14-7-13-27(21-31)32-35(34(42)37-23-25-9-3-2-4-10-25,22-28-11-5-6-12-29(28)24-38-40-36)39-33(45-32)26-15-17-30(18-16-26)44-20-8-19-41/h5-7,11-18,21,25,32,41H,2-4,8-10,19-20,22-24H2,1H3,(H,37,42)/t32-,35-/m1/s1. The number of hydrogen-bond acceptors (Lipinski definition) is 7. The Labute approximate surface area is 264 Å². The maximum atomic E-state index is 14.6. The summed E-state index contributed by atoms with van der Waals surface area (Å²) >= 11 is 0. The summed E-state index contributed by atoms with van der Waals surface area (Å²) in [6.45, 7) is 1.21. The van der Waals surface area contributed by atoms with E-state index in [4.69, 9.17) is 29.8 Å². The monoisotopic (exact) mass is 611 g/mol. The average Bonchev–Trinajstić information content (AvgIpc) is 3.48. The number of aliphatic hydroxyl groups excluding tert-OH is 1. The van der Waals surface area contributed by atoms with Crippen LogP contribution in [0.15, 0.2) is 82.9 Å². The lowest BCUT2D eigenvalue weighted by molar-refractivity contribution is -0.129. The number of ether oxygens (including phenoxy) is 3. The van der Waals surface area contributed by atoms with Crippen molar-refractivity contribution in [2.24, 2.45) is 16.0 Å². The van der Waals surface area contributed by atoms with Crippen LogP contribution >= 0.6 is 0 Å². The van der Waals surface area contributed by atoms with Crippen molar-refractivity contribution in [3.05, 3.63) is 105 Å². The lowest BCUT2D eigenvalue weighted by Crippen LogP contribution is -2.51. The first-order valence-corrected chi connectivity index (χ1v) is 15.7. The molecule has 2 atom stereocenters. The molecule has 0 aromatic heterocycles. The van der Waals surface area contributed by atoms with Gasteiger partial charge in [-0.3, -0.25) is 4.79 Å². The van der Waals surface area contributed by atoms with Gasteiger partial charge in [0.2, 0.25) is 5.90 Å². The molecule has 1 amide bonds. The second-order valence-corrected chi connectivity index (χ2v) is 11.6. The van der Waals surface area contributed by atoms with E-state index < -0.39 is 11.6 Å². The highest BCUT2D eigenvalue weighted by molar-refractivity contribution is 6.01. The Kier molecular flexibility index (Phi) is 11.0. The van der Waals surface area contributed by atoms with E-state index in [0.717, 1.165) is 29.5 Å². The van der Waals surface area contributed by atoms with Crippen molar-refractivity contribution in [3.8, 4) is 11.5 Å². The van der Waals surface area contributed by atoms with Crippen molar-refractivity contribution >= 4 is 11.8 Å². The summed E-state index contributed by atoms with van der Waals surface area (Å²) in [5, 5.41) is 16.2. The van der Waals surface area contributed by atoms with E-state index >= 15 is 0 Å². The number of aliphatic hydroxyl groups is 1. The molecule has 1 aliphatic carbocycles. The number of aliphatic imine (C=N–C) groups is 1. The third kappa shape index (κ3) is 7.77. The predicted octanol–water partition coefficient (Wildman–Crippen LogP) is 6.46. The van der Waals surface area contributed by atoms with Crippen LogP contribution in [0.4, 0.5) is 0 Å². The van der Waals surface area contributed by atoms with Gasteiger partial charge in [0.1, 0.15) is 11.5 Å². The summed E-state index contributed by atoms with van der Waals surface area (Å²) in [5.74, 6) is 1.88. The van der Waals surface area contributed by atoms with Crippen LogP contribution in [0.5, 0.6) is 11.5 Å². The van der Waals surface area contributed by atoms with Crippen molar-refractivity contribution in [1.29, 1.82) is 0 Å². The minimum atomic E-state index is -1.36. The fourth-order valence-electron chi connectivity index (χ4n) is 6.15. The zero-order valence-electron chi connectivity index (χ0n) is 25.7. The number of azide groups is 1. The average molecular weight is 612 g/mol. The molecule has 2 N–H and O–H groups in total. The number of amides is 1. The molecule has 5 rings (SSSR count). The Morgan fingerprint density at radius 3 is 2.58 bits per heavy atom. The van der Waals surface area contributed by atoms with E-state index in [1.165, 1.54) is 19.3 Å². The molecule has 3 aromatic rings. The van der Waals surface area contributed by atoms with Crippen LogP contribution in [0.1, 0.15) is 66.9 Å². The Bertz CT molecular complexity index is 1510. The Balaban J connectivity index is 1.58. The van der Waals surface area contributed by atoms with E-state index in [0.29, 0.717) is 48.5 Å². The maximum absolute atomic E-state index is 14.6. The molecular weight excluding hydrogens is 570 g/mol. The van der Waals surface area contributed by atoms with Gasteiger partial charge < -0.3 is 24.6 Å². The van der Waals surface area contributed by atoms with Crippen LogP contribution in [0, 0.1) is 5.92 Å². The Morgan fingerprint density at radius 2 is 1.84 bits per heavy atom. The number of carbonyl (C=O) groups excluding carboxylic acids is 1. The summed E-state index contributed by atoms with van der Waals surface area (Å²) in [7, 11) is 1.61. The van der Waals surface area contributed by atoms with Gasteiger partial charge in [-0.2, -0.15) is 0 Å². The molecule has 0 unspecified atom stereocenters. The van der Waals surface area contributed by atoms with E-state index in [1.807, 2.05) is 72.8 Å². The minimum absolute atomic E-state index is 0.0608. The van der Waals surface area contributed by atoms with Gasteiger partial charge in [-0.15, -0.1) is 0 Å². The molecule has 1 saturated carbocycles. The van der Waals surface area contributed by atoms with Gasteiger partial charge >= 0.3 is 0 Å². The number of carbonyl (C=O) groups is 1. The highest BCUT2D eigenvalue weighted by atomic mass is 16.5. The molecule has 1 fully saturated rings. The fraction of sp³-hybridized carbons (Fsp3) is 0.429. The van der Waals surface area contributed by atoms with Gasteiger partial charge in [-0.05, 0) is 77.4 Å². The molecule has 45 heavy (non-hydrogen) atoms. The highest BCUT2D eigenvalue weighted by Crippen LogP contribution is 2.44. The fourth-order valence-corrected chi connectivity index (χ4v) is 6.15. The molecule has 1 heterocycles. The number of methoxy groups -OCH3 is 1. The smallest absolute Gasteiger partial charge is 0.252 e. The third-order valence-corrected chi connectivity index (χ3v) is 8.59. The number of nitrogens with one attached hydrogen (secondary N) is 1. The van der Waals surface area contributed by atoms with Crippen LogP contribution in [0.3, 0.4) is 0 Å². The molecule has 236 valence electrons. The van der Waals surface area contributed by atoms with E-state index in [9.17, 15) is 4.79 Å². The Morgan fingerprint density at radius 1 is 1.07 bits per heavy atom. The van der Waals surface area contributed by atoms with Crippen molar-refractivity contribution in [3.63, 3.8) is 0 Å². The molecular formula is C35H41N5O5. The molecule has 10 nitrogen and oxygen atoms in total. The number of nitrogens with zero attached hydrogens (tertiary/aromatic N) is 4. The summed E-state index contributed by atoms with van der Waals surface area (Å²) in [6, 6.07) is 22.6. The molecule has 1 aliphatic heterocycles. The molecule has 0 radical (unpaired) electrons. The van der Waals surface area contributed by atoms with Gasteiger partial charge in [0.05, 0.1) is 20.3 Å². The zero-order valence-corrected chi connectivity index (χ0v) is 25.7. The lowest BCUT2D eigenvalue weighted by atomic mass is 9.80.